The highest BCUT2D eigenvalue weighted by Gasteiger charge is 2.30. The Morgan fingerprint density at radius 2 is 0.489 bits per heavy atom. The van der Waals surface area contributed by atoms with Crippen LogP contribution in [0, 0.1) is 11.8 Å². The van der Waals surface area contributed by atoms with Gasteiger partial charge in [-0.3, -0.25) is 37.3 Å². The lowest BCUT2D eigenvalue weighted by molar-refractivity contribution is -0.161. The summed E-state index contributed by atoms with van der Waals surface area (Å²) >= 11 is 0. The van der Waals surface area contributed by atoms with Crippen molar-refractivity contribution < 1.29 is 80.2 Å². The summed E-state index contributed by atoms with van der Waals surface area (Å²) in [7, 11) is -9.91. The Hall–Kier alpha value is -1.94. The van der Waals surface area contributed by atoms with E-state index >= 15 is 0 Å². The van der Waals surface area contributed by atoms with E-state index in [0.717, 1.165) is 102 Å². The Labute approximate surface area is 575 Å². The molecule has 0 amide bonds. The number of ether oxygens (including phenoxy) is 4. The summed E-state index contributed by atoms with van der Waals surface area (Å²) in [6.07, 6.45) is 54.3. The number of phosphoric acid groups is 2. The highest BCUT2D eigenvalue weighted by molar-refractivity contribution is 7.47. The fourth-order valence-corrected chi connectivity index (χ4v) is 13.1. The maximum absolute atomic E-state index is 13.1. The van der Waals surface area contributed by atoms with Crippen LogP contribution in [0.2, 0.25) is 0 Å². The molecular formula is C75H146O17P2. The highest BCUT2D eigenvalue weighted by atomic mass is 31.2. The number of aliphatic hydroxyl groups excluding tert-OH is 1. The molecule has 94 heavy (non-hydrogen) atoms. The summed E-state index contributed by atoms with van der Waals surface area (Å²) < 4.78 is 68.4. The van der Waals surface area contributed by atoms with Gasteiger partial charge in [-0.15, -0.1) is 0 Å². The predicted octanol–water partition coefficient (Wildman–Crippen LogP) is 21.9. The summed E-state index contributed by atoms with van der Waals surface area (Å²) in [6.45, 7) is 9.49. The van der Waals surface area contributed by atoms with Crippen LogP contribution in [-0.4, -0.2) is 96.7 Å². The monoisotopic (exact) mass is 1380 g/mol. The van der Waals surface area contributed by atoms with E-state index in [1.54, 1.807) is 0 Å². The molecule has 0 aliphatic heterocycles. The van der Waals surface area contributed by atoms with Crippen LogP contribution in [0.3, 0.4) is 0 Å². The molecule has 19 heteroatoms. The van der Waals surface area contributed by atoms with E-state index in [-0.39, 0.29) is 25.7 Å². The van der Waals surface area contributed by atoms with Crippen molar-refractivity contribution in [2.24, 2.45) is 11.8 Å². The standard InChI is InChI=1S/C75H146O17P2/c1-7-9-11-13-15-17-19-21-22-23-24-25-26-27-29-31-33-40-47-53-59-74(79)91-70(63-85-72(77)57-51-45-39-32-30-28-20-18-16-14-12-10-8-2)65-89-93(81,82)87-61-69(76)62-88-94(83,84)90-66-71(64-86-73(78)58-52-46-42-36-38-44-50-56-68(5)6)92-75(80)60-54-48-41-35-34-37-43-49-55-67(3)4/h67-71,76H,7-66H2,1-6H3,(H,81,82)(H,83,84)/t69-,70-,71-/m1/s1. The van der Waals surface area contributed by atoms with Crippen molar-refractivity contribution in [2.75, 3.05) is 39.6 Å². The van der Waals surface area contributed by atoms with Crippen molar-refractivity contribution >= 4 is 39.5 Å². The average molecular weight is 1380 g/mol. The van der Waals surface area contributed by atoms with Crippen molar-refractivity contribution in [2.45, 2.75) is 407 Å². The van der Waals surface area contributed by atoms with Gasteiger partial charge in [0.25, 0.3) is 0 Å². The van der Waals surface area contributed by atoms with Gasteiger partial charge in [-0.25, -0.2) is 9.13 Å². The van der Waals surface area contributed by atoms with E-state index in [0.29, 0.717) is 31.6 Å². The zero-order valence-electron chi connectivity index (χ0n) is 61.3. The van der Waals surface area contributed by atoms with Crippen molar-refractivity contribution in [1.29, 1.82) is 0 Å². The third-order valence-electron chi connectivity index (χ3n) is 17.5. The molecule has 17 nitrogen and oxygen atoms in total. The number of unbranched alkanes of at least 4 members (excludes halogenated alkanes) is 44. The van der Waals surface area contributed by atoms with Crippen molar-refractivity contribution in [1.82, 2.24) is 0 Å². The van der Waals surface area contributed by atoms with Crippen LogP contribution in [0.4, 0.5) is 0 Å². The lowest BCUT2D eigenvalue weighted by Crippen LogP contribution is -2.30. The average Bonchev–Trinajstić information content (AvgIpc) is 1.35. The third kappa shape index (κ3) is 68.6. The molecule has 0 aliphatic rings. The smallest absolute Gasteiger partial charge is 0.462 e. The Bertz CT molecular complexity index is 1820. The number of hydrogen-bond acceptors (Lipinski definition) is 15. The largest absolute Gasteiger partial charge is 0.472 e. The van der Waals surface area contributed by atoms with Crippen molar-refractivity contribution in [3.05, 3.63) is 0 Å². The minimum Gasteiger partial charge on any atom is -0.462 e. The molecule has 0 rings (SSSR count). The van der Waals surface area contributed by atoms with E-state index in [9.17, 15) is 43.2 Å². The van der Waals surface area contributed by atoms with Crippen LogP contribution in [0.1, 0.15) is 388 Å². The minimum atomic E-state index is -4.96. The Balaban J connectivity index is 5.20. The second kappa shape index (κ2) is 66.9. The molecule has 0 aromatic rings. The Morgan fingerprint density at radius 1 is 0.287 bits per heavy atom. The summed E-state index contributed by atoms with van der Waals surface area (Å²) in [4.78, 5) is 72.7. The van der Waals surface area contributed by atoms with Crippen LogP contribution >= 0.6 is 15.6 Å². The second-order valence-corrected chi connectivity index (χ2v) is 30.9. The molecule has 0 bridgehead atoms. The van der Waals surface area contributed by atoms with E-state index in [1.165, 1.54) is 199 Å². The molecule has 2 unspecified atom stereocenters. The summed E-state index contributed by atoms with van der Waals surface area (Å²) in [5.74, 6) is -0.697. The predicted molar refractivity (Wildman–Crippen MR) is 381 cm³/mol. The molecule has 0 saturated heterocycles. The number of carbonyl (C=O) groups excluding carboxylic acids is 4. The molecule has 0 aromatic heterocycles. The quantitative estimate of drug-likeness (QED) is 0.0222. The molecular weight excluding hydrogens is 1230 g/mol. The fourth-order valence-electron chi connectivity index (χ4n) is 11.5. The molecule has 0 aromatic carbocycles. The molecule has 558 valence electrons. The van der Waals surface area contributed by atoms with Crippen LogP contribution < -0.4 is 0 Å². The van der Waals surface area contributed by atoms with E-state index in [4.69, 9.17) is 37.0 Å². The van der Waals surface area contributed by atoms with Gasteiger partial charge in [0.1, 0.15) is 19.3 Å². The normalized spacial score (nSPS) is 14.0. The maximum atomic E-state index is 13.1. The first kappa shape index (κ1) is 92.1. The number of aliphatic hydroxyl groups is 1. The van der Waals surface area contributed by atoms with Crippen LogP contribution in [-0.2, 0) is 65.4 Å². The van der Waals surface area contributed by atoms with Gasteiger partial charge in [0, 0.05) is 25.7 Å². The number of hydrogen-bond donors (Lipinski definition) is 3. The van der Waals surface area contributed by atoms with Gasteiger partial charge in [-0.2, -0.15) is 0 Å². The van der Waals surface area contributed by atoms with Crippen molar-refractivity contribution in [3.63, 3.8) is 0 Å². The van der Waals surface area contributed by atoms with Gasteiger partial charge in [0.2, 0.25) is 0 Å². The van der Waals surface area contributed by atoms with Crippen molar-refractivity contribution in [3.8, 4) is 0 Å². The van der Waals surface area contributed by atoms with E-state index in [2.05, 4.69) is 41.5 Å². The van der Waals surface area contributed by atoms with Crippen LogP contribution in [0.5, 0.6) is 0 Å². The summed E-state index contributed by atoms with van der Waals surface area (Å²) in [5, 5.41) is 10.6. The molecule has 0 fully saturated rings. The SMILES string of the molecule is CCCCCCCCCCCCCCCCCCCCCCC(=O)O[C@H](COC(=O)CCCCCCCCCCCCCCC)COP(=O)(O)OC[C@@H](O)COP(=O)(O)OC[C@@H](COC(=O)CCCCCCCCCC(C)C)OC(=O)CCCCCCCCCCC(C)C. The molecule has 0 radical (unpaired) electrons. The molecule has 0 saturated carbocycles. The molecule has 0 aliphatic carbocycles. The number of rotatable bonds is 74. The Kier molecular flexibility index (Phi) is 65.5. The number of esters is 4. The van der Waals surface area contributed by atoms with Gasteiger partial charge in [0.15, 0.2) is 12.2 Å². The molecule has 0 spiro atoms. The lowest BCUT2D eigenvalue weighted by Gasteiger charge is -2.21. The van der Waals surface area contributed by atoms with E-state index < -0.39 is 97.5 Å². The third-order valence-corrected chi connectivity index (χ3v) is 19.4. The first-order valence-corrected chi connectivity index (χ1v) is 42.0. The molecule has 3 N–H and O–H groups in total. The van der Waals surface area contributed by atoms with Crippen LogP contribution in [0.15, 0.2) is 0 Å². The first-order valence-electron chi connectivity index (χ1n) is 39.0. The lowest BCUT2D eigenvalue weighted by atomic mass is 10.0. The number of phosphoric ester groups is 2. The van der Waals surface area contributed by atoms with E-state index in [1.807, 2.05) is 0 Å². The molecule has 0 heterocycles. The van der Waals surface area contributed by atoms with Crippen LogP contribution in [0.25, 0.3) is 0 Å². The highest BCUT2D eigenvalue weighted by Crippen LogP contribution is 2.45. The van der Waals surface area contributed by atoms with Gasteiger partial charge in [0.05, 0.1) is 26.4 Å². The van der Waals surface area contributed by atoms with Gasteiger partial charge >= 0.3 is 39.5 Å². The summed E-state index contributed by atoms with van der Waals surface area (Å²) in [6, 6.07) is 0. The van der Waals surface area contributed by atoms with Gasteiger partial charge in [-0.1, -0.05) is 337 Å². The first-order chi connectivity index (χ1) is 45.4. The second-order valence-electron chi connectivity index (χ2n) is 28.0. The van der Waals surface area contributed by atoms with Gasteiger partial charge in [-0.05, 0) is 37.5 Å². The Morgan fingerprint density at radius 3 is 0.723 bits per heavy atom. The topological polar surface area (TPSA) is 237 Å². The maximum Gasteiger partial charge on any atom is 0.472 e. The fraction of sp³-hybridized carbons (Fsp3) is 0.947. The van der Waals surface area contributed by atoms with Gasteiger partial charge < -0.3 is 33.8 Å². The number of carbonyl (C=O) groups is 4. The zero-order valence-corrected chi connectivity index (χ0v) is 63.1. The molecule has 5 atom stereocenters. The zero-order chi connectivity index (χ0) is 69.3. The minimum absolute atomic E-state index is 0.104. The summed E-state index contributed by atoms with van der Waals surface area (Å²) in [5.41, 5.74) is 0.